The van der Waals surface area contributed by atoms with E-state index in [4.69, 9.17) is 4.52 Å². The molecule has 0 aliphatic rings. The predicted molar refractivity (Wildman–Crippen MR) is 127 cm³/mol. The van der Waals surface area contributed by atoms with E-state index in [2.05, 4.69) is 43.5 Å². The van der Waals surface area contributed by atoms with Crippen LogP contribution in [-0.2, 0) is 11.3 Å². The summed E-state index contributed by atoms with van der Waals surface area (Å²) in [5, 5.41) is 8.88. The first-order chi connectivity index (χ1) is 15.0. The number of hydrogen-bond donors (Lipinski definition) is 1. The van der Waals surface area contributed by atoms with Crippen molar-refractivity contribution in [1.82, 2.24) is 15.0 Å². The van der Waals surface area contributed by atoms with Crippen molar-refractivity contribution in [3.05, 3.63) is 76.4 Å². The van der Waals surface area contributed by atoms with Crippen LogP contribution in [0.15, 0.2) is 84.8 Å². The van der Waals surface area contributed by atoms with E-state index in [1.807, 2.05) is 65.9 Å². The van der Waals surface area contributed by atoms with Gasteiger partial charge < -0.3 is 9.84 Å². The summed E-state index contributed by atoms with van der Waals surface area (Å²) in [7, 11) is 1.84. The molecule has 0 saturated heterocycles. The molecule has 2 heterocycles. The third kappa shape index (κ3) is 6.27. The van der Waals surface area contributed by atoms with Crippen molar-refractivity contribution in [2.24, 2.45) is 0 Å². The number of carbonyl (C=O) groups excluding carboxylic acids is 1. The summed E-state index contributed by atoms with van der Waals surface area (Å²) in [5.74, 6) is 0.950. The molecule has 0 unspecified atom stereocenters. The number of nitrogens with zero attached hydrogens (tertiary/aromatic N) is 3. The summed E-state index contributed by atoms with van der Waals surface area (Å²) >= 11 is 6.67. The number of likely N-dealkylation sites (N-methyl/N-ethyl adjacent to an activating group) is 1. The van der Waals surface area contributed by atoms with Crippen LogP contribution in [0.1, 0.15) is 5.89 Å². The Bertz CT molecular complexity index is 1130. The molecule has 1 N–H and O–H groups in total. The second-order valence-electron chi connectivity index (χ2n) is 6.79. The molecule has 2 aromatic heterocycles. The summed E-state index contributed by atoms with van der Waals surface area (Å²) in [6.07, 6.45) is 0. The fraction of sp³-hybridized carbons (Fsp3) is 0.136. The number of nitrogens with one attached hydrogen (secondary N) is 1. The maximum absolute atomic E-state index is 12.4. The number of carbonyl (C=O) groups is 1. The summed E-state index contributed by atoms with van der Waals surface area (Å²) in [5.41, 5.74) is 0.760. The van der Waals surface area contributed by atoms with Crippen molar-refractivity contribution < 1.29 is 9.32 Å². The second-order valence-corrected chi connectivity index (χ2v) is 9.80. The van der Waals surface area contributed by atoms with Crippen LogP contribution in [0, 0.1) is 0 Å². The van der Waals surface area contributed by atoms with E-state index in [9.17, 15) is 4.79 Å². The number of rotatable bonds is 8. The van der Waals surface area contributed by atoms with Crippen molar-refractivity contribution in [1.29, 1.82) is 0 Å². The Labute approximate surface area is 196 Å². The molecule has 31 heavy (non-hydrogen) atoms. The third-order valence-electron chi connectivity index (χ3n) is 4.22. The number of amides is 1. The SMILES string of the molecule is CN(CC(=O)Nc1ccc(Sc2ccc(Br)cc2)cc1)Cc1nc(-c2cccs2)no1. The van der Waals surface area contributed by atoms with E-state index in [-0.39, 0.29) is 12.5 Å². The van der Waals surface area contributed by atoms with Crippen LogP contribution in [0.3, 0.4) is 0 Å². The summed E-state index contributed by atoms with van der Waals surface area (Å²) in [6, 6.07) is 19.9. The van der Waals surface area contributed by atoms with Crippen molar-refractivity contribution >= 4 is 50.6 Å². The van der Waals surface area contributed by atoms with E-state index in [0.29, 0.717) is 18.3 Å². The lowest BCUT2D eigenvalue weighted by atomic mass is 10.3. The average Bonchev–Trinajstić information content (AvgIpc) is 3.43. The van der Waals surface area contributed by atoms with Gasteiger partial charge in [-0.2, -0.15) is 4.98 Å². The van der Waals surface area contributed by atoms with Gasteiger partial charge >= 0.3 is 0 Å². The topological polar surface area (TPSA) is 71.3 Å². The molecule has 0 radical (unpaired) electrons. The van der Waals surface area contributed by atoms with Crippen LogP contribution in [0.25, 0.3) is 10.7 Å². The van der Waals surface area contributed by atoms with Gasteiger partial charge in [0.25, 0.3) is 0 Å². The minimum absolute atomic E-state index is 0.103. The molecule has 9 heteroatoms. The lowest BCUT2D eigenvalue weighted by Crippen LogP contribution is -2.29. The Morgan fingerprint density at radius 3 is 2.52 bits per heavy atom. The smallest absolute Gasteiger partial charge is 0.241 e. The summed E-state index contributed by atoms with van der Waals surface area (Å²) in [6.45, 7) is 0.612. The van der Waals surface area contributed by atoms with E-state index in [1.165, 1.54) is 0 Å². The van der Waals surface area contributed by atoms with E-state index in [0.717, 1.165) is 24.8 Å². The number of thiophene rings is 1. The highest BCUT2D eigenvalue weighted by atomic mass is 79.9. The largest absolute Gasteiger partial charge is 0.338 e. The normalized spacial score (nSPS) is 11.1. The zero-order chi connectivity index (χ0) is 21.6. The maximum atomic E-state index is 12.4. The van der Waals surface area contributed by atoms with Gasteiger partial charge in [-0.15, -0.1) is 11.3 Å². The predicted octanol–water partition coefficient (Wildman–Crippen LogP) is 5.78. The van der Waals surface area contributed by atoms with Crippen molar-refractivity contribution in [3.8, 4) is 10.7 Å². The molecule has 0 aliphatic heterocycles. The van der Waals surface area contributed by atoms with Crippen molar-refractivity contribution in [3.63, 3.8) is 0 Å². The molecule has 0 bridgehead atoms. The molecule has 1 amide bonds. The Balaban J connectivity index is 1.26. The Hall–Kier alpha value is -2.46. The molecular formula is C22H19BrN4O2S2. The van der Waals surface area contributed by atoms with Gasteiger partial charge in [0.05, 0.1) is 18.0 Å². The fourth-order valence-corrected chi connectivity index (χ4v) is 4.53. The van der Waals surface area contributed by atoms with Crippen LogP contribution in [0.2, 0.25) is 0 Å². The highest BCUT2D eigenvalue weighted by molar-refractivity contribution is 9.10. The van der Waals surface area contributed by atoms with Gasteiger partial charge in [0, 0.05) is 20.0 Å². The van der Waals surface area contributed by atoms with Gasteiger partial charge in [-0.25, -0.2) is 0 Å². The lowest BCUT2D eigenvalue weighted by Gasteiger charge is -2.14. The number of anilines is 1. The minimum Gasteiger partial charge on any atom is -0.338 e. The first-order valence-corrected chi connectivity index (χ1v) is 11.9. The van der Waals surface area contributed by atoms with Crippen LogP contribution in [0.4, 0.5) is 5.69 Å². The molecule has 4 rings (SSSR count). The standard InChI is InChI=1S/C22H19BrN4O2S2/c1-27(14-21-25-22(26-29-21)19-3-2-12-30-19)13-20(28)24-16-6-10-18(11-7-16)31-17-8-4-15(23)5-9-17/h2-12H,13-14H2,1H3,(H,24,28). The molecule has 6 nitrogen and oxygen atoms in total. The maximum Gasteiger partial charge on any atom is 0.241 e. The van der Waals surface area contributed by atoms with E-state index in [1.54, 1.807) is 23.1 Å². The highest BCUT2D eigenvalue weighted by Gasteiger charge is 2.13. The minimum atomic E-state index is -0.103. The first kappa shape index (κ1) is 21.8. The van der Waals surface area contributed by atoms with Crippen molar-refractivity contribution in [2.45, 2.75) is 16.3 Å². The van der Waals surface area contributed by atoms with Gasteiger partial charge in [0.1, 0.15) is 0 Å². The van der Waals surface area contributed by atoms with Gasteiger partial charge in [0.2, 0.25) is 17.6 Å². The summed E-state index contributed by atoms with van der Waals surface area (Å²) in [4.78, 5) is 21.8. The van der Waals surface area contributed by atoms with Gasteiger partial charge in [-0.1, -0.05) is 38.9 Å². The second kappa shape index (κ2) is 10.2. The fourth-order valence-electron chi connectivity index (χ4n) is 2.80. The molecule has 2 aromatic carbocycles. The zero-order valence-electron chi connectivity index (χ0n) is 16.6. The molecule has 0 aliphatic carbocycles. The number of halogens is 1. The number of aromatic nitrogens is 2. The molecule has 0 spiro atoms. The highest BCUT2D eigenvalue weighted by Crippen LogP contribution is 2.29. The average molecular weight is 515 g/mol. The quantitative estimate of drug-likeness (QED) is 0.321. The van der Waals surface area contributed by atoms with E-state index < -0.39 is 0 Å². The monoisotopic (exact) mass is 514 g/mol. The Kier molecular flexibility index (Phi) is 7.18. The molecule has 158 valence electrons. The molecule has 0 fully saturated rings. The first-order valence-electron chi connectivity index (χ1n) is 9.43. The van der Waals surface area contributed by atoms with Crippen LogP contribution in [0.5, 0.6) is 0 Å². The summed E-state index contributed by atoms with van der Waals surface area (Å²) < 4.78 is 6.35. The van der Waals surface area contributed by atoms with E-state index >= 15 is 0 Å². The molecule has 0 atom stereocenters. The van der Waals surface area contributed by atoms with Crippen molar-refractivity contribution in [2.75, 3.05) is 18.9 Å². The Morgan fingerprint density at radius 2 is 1.84 bits per heavy atom. The lowest BCUT2D eigenvalue weighted by molar-refractivity contribution is -0.117. The van der Waals surface area contributed by atoms with Crippen LogP contribution >= 0.6 is 39.0 Å². The van der Waals surface area contributed by atoms with Gasteiger partial charge in [-0.05, 0) is 67.0 Å². The number of hydrogen-bond acceptors (Lipinski definition) is 7. The zero-order valence-corrected chi connectivity index (χ0v) is 19.8. The number of benzene rings is 2. The Morgan fingerprint density at radius 1 is 1.13 bits per heavy atom. The molecular weight excluding hydrogens is 496 g/mol. The molecule has 4 aromatic rings. The van der Waals surface area contributed by atoms with Crippen LogP contribution in [-0.4, -0.2) is 34.5 Å². The van der Waals surface area contributed by atoms with Gasteiger partial charge in [-0.3, -0.25) is 9.69 Å². The van der Waals surface area contributed by atoms with Crippen LogP contribution < -0.4 is 5.32 Å². The molecule has 0 saturated carbocycles. The third-order valence-corrected chi connectivity index (χ3v) is 6.63. The van der Waals surface area contributed by atoms with Gasteiger partial charge in [0.15, 0.2) is 0 Å².